The number of hydrogen-bond donors (Lipinski definition) is 0. The van der Waals surface area contributed by atoms with Crippen molar-refractivity contribution in [1.29, 1.82) is 0 Å². The Morgan fingerprint density at radius 1 is 0.720 bits per heavy atom. The third kappa shape index (κ3) is 1.89. The first kappa shape index (κ1) is 15.2. The Labute approximate surface area is 150 Å². The van der Waals surface area contributed by atoms with Crippen LogP contribution in [-0.4, -0.2) is 0 Å². The van der Waals surface area contributed by atoms with Crippen molar-refractivity contribution in [2.75, 3.05) is 0 Å². The van der Waals surface area contributed by atoms with E-state index in [2.05, 4.69) is 64.1 Å². The minimum Gasteiger partial charge on any atom is -0.0616 e. The van der Waals surface area contributed by atoms with Crippen LogP contribution < -0.4 is 0 Å². The first-order chi connectivity index (χ1) is 12.0. The largest absolute Gasteiger partial charge is 0.0616 e. The number of hydrogen-bond acceptors (Lipinski definition) is 0. The fourth-order valence-corrected chi connectivity index (χ4v) is 5.40. The predicted octanol–water partition coefficient (Wildman–Crippen LogP) is 6.64. The number of aryl methyl sites for hydroxylation is 2. The van der Waals surface area contributed by atoms with Gasteiger partial charge in [0.1, 0.15) is 0 Å². The molecule has 0 saturated carbocycles. The summed E-state index contributed by atoms with van der Waals surface area (Å²) in [7, 11) is 0. The molecule has 0 N–H and O–H groups in total. The van der Waals surface area contributed by atoms with E-state index in [0.29, 0.717) is 0 Å². The van der Waals surface area contributed by atoms with E-state index in [1.807, 2.05) is 0 Å². The first-order valence-corrected chi connectivity index (χ1v) is 9.69. The van der Waals surface area contributed by atoms with Gasteiger partial charge in [0.25, 0.3) is 0 Å². The highest BCUT2D eigenvalue weighted by Crippen LogP contribution is 2.54. The van der Waals surface area contributed by atoms with E-state index in [1.165, 1.54) is 58.7 Å². The first-order valence-electron chi connectivity index (χ1n) is 9.69. The Kier molecular flexibility index (Phi) is 3.02. The van der Waals surface area contributed by atoms with Crippen LogP contribution in [-0.2, 0) is 18.3 Å². The van der Waals surface area contributed by atoms with Crippen LogP contribution in [0.5, 0.6) is 0 Å². The van der Waals surface area contributed by atoms with Crippen molar-refractivity contribution in [1.82, 2.24) is 0 Å². The van der Waals surface area contributed by atoms with E-state index >= 15 is 0 Å². The lowest BCUT2D eigenvalue weighted by Crippen LogP contribution is -2.17. The monoisotopic (exact) mass is 326 g/mol. The van der Waals surface area contributed by atoms with Crippen LogP contribution in [0, 0.1) is 13.8 Å². The molecule has 3 aromatic carbocycles. The van der Waals surface area contributed by atoms with Crippen LogP contribution >= 0.6 is 0 Å². The maximum atomic E-state index is 2.50. The summed E-state index contributed by atoms with van der Waals surface area (Å²) in [6.07, 6.45) is 5.19. The molecular formula is C25H26. The molecule has 0 saturated heterocycles. The Bertz CT molecular complexity index is 1030. The number of benzene rings is 3. The molecule has 0 radical (unpaired) electrons. The highest BCUT2D eigenvalue weighted by Gasteiger charge is 2.39. The van der Waals surface area contributed by atoms with Crippen LogP contribution in [0.15, 0.2) is 36.4 Å². The van der Waals surface area contributed by atoms with E-state index in [0.717, 1.165) is 0 Å². The Balaban J connectivity index is 1.99. The second-order valence-corrected chi connectivity index (χ2v) is 8.57. The number of rotatable bonds is 0. The summed E-state index contributed by atoms with van der Waals surface area (Å²) in [5, 5.41) is 2.86. The van der Waals surface area contributed by atoms with Gasteiger partial charge in [0.15, 0.2) is 0 Å². The van der Waals surface area contributed by atoms with Gasteiger partial charge < -0.3 is 0 Å². The van der Waals surface area contributed by atoms with Crippen molar-refractivity contribution < 1.29 is 0 Å². The molecular weight excluding hydrogens is 300 g/mol. The second kappa shape index (κ2) is 4.97. The van der Waals surface area contributed by atoms with Crippen molar-refractivity contribution >= 4 is 10.8 Å². The fourth-order valence-electron chi connectivity index (χ4n) is 5.40. The molecule has 0 unspecified atom stereocenters. The van der Waals surface area contributed by atoms with Crippen LogP contribution in [0.3, 0.4) is 0 Å². The smallest absolute Gasteiger partial charge is 0.0159 e. The van der Waals surface area contributed by atoms with Crippen LogP contribution in [0.1, 0.15) is 60.1 Å². The molecule has 0 heteroatoms. The predicted molar refractivity (Wildman–Crippen MR) is 108 cm³/mol. The van der Waals surface area contributed by atoms with Crippen molar-refractivity contribution in [2.24, 2.45) is 0 Å². The van der Waals surface area contributed by atoms with Gasteiger partial charge in [-0.3, -0.25) is 0 Å². The molecule has 3 aromatic rings. The van der Waals surface area contributed by atoms with E-state index in [9.17, 15) is 0 Å². The molecule has 25 heavy (non-hydrogen) atoms. The molecule has 2 aliphatic carbocycles. The van der Waals surface area contributed by atoms with E-state index in [4.69, 9.17) is 0 Å². The van der Waals surface area contributed by atoms with Crippen LogP contribution in [0.4, 0.5) is 0 Å². The molecule has 0 heterocycles. The van der Waals surface area contributed by atoms with Gasteiger partial charge in [-0.15, -0.1) is 0 Å². The van der Waals surface area contributed by atoms with Crippen molar-refractivity contribution in [2.45, 2.75) is 58.8 Å². The quantitative estimate of drug-likeness (QED) is 0.434. The SMILES string of the molecule is Cc1cc2c(c3c1CCCC3)-c1c(cc(C)c3ccccc13)C2(C)C. The minimum atomic E-state index is 0.0939. The maximum Gasteiger partial charge on any atom is 0.0159 e. The van der Waals surface area contributed by atoms with Gasteiger partial charge in [-0.05, 0) is 94.8 Å². The van der Waals surface area contributed by atoms with E-state index < -0.39 is 0 Å². The zero-order valence-corrected chi connectivity index (χ0v) is 15.8. The highest BCUT2D eigenvalue weighted by atomic mass is 14.4. The van der Waals surface area contributed by atoms with Crippen molar-refractivity contribution in [3.63, 3.8) is 0 Å². The standard InChI is InChI=1S/C25H26/c1-15-13-21-23(19-11-7-5-9-17(15)19)24-20-12-8-6-10-18(20)16(2)14-22(24)25(21,3)4/h5,7,9,11,13-14H,6,8,10,12H2,1-4H3. The topological polar surface area (TPSA) is 0 Å². The van der Waals surface area contributed by atoms with E-state index in [-0.39, 0.29) is 5.41 Å². The zero-order chi connectivity index (χ0) is 17.3. The molecule has 0 atom stereocenters. The third-order valence-corrected chi connectivity index (χ3v) is 6.72. The summed E-state index contributed by atoms with van der Waals surface area (Å²) >= 11 is 0. The zero-order valence-electron chi connectivity index (χ0n) is 15.8. The van der Waals surface area contributed by atoms with Gasteiger partial charge in [-0.1, -0.05) is 50.2 Å². The molecule has 126 valence electrons. The molecule has 0 fully saturated rings. The van der Waals surface area contributed by atoms with Gasteiger partial charge in [-0.25, -0.2) is 0 Å². The Morgan fingerprint density at radius 3 is 2.08 bits per heavy atom. The Hall–Kier alpha value is -2.08. The second-order valence-electron chi connectivity index (χ2n) is 8.57. The number of fused-ring (bicyclic) bond motifs is 7. The van der Waals surface area contributed by atoms with Gasteiger partial charge in [-0.2, -0.15) is 0 Å². The van der Waals surface area contributed by atoms with Gasteiger partial charge in [0.05, 0.1) is 0 Å². The summed E-state index contributed by atoms with van der Waals surface area (Å²) in [6, 6.07) is 14.0. The Morgan fingerprint density at radius 2 is 1.32 bits per heavy atom. The summed E-state index contributed by atoms with van der Waals surface area (Å²) < 4.78 is 0. The average Bonchev–Trinajstić information content (AvgIpc) is 2.84. The van der Waals surface area contributed by atoms with Gasteiger partial charge >= 0.3 is 0 Å². The fraction of sp³-hybridized carbons (Fsp3) is 0.360. The molecule has 0 aliphatic heterocycles. The maximum absolute atomic E-state index is 2.50. The molecule has 0 spiro atoms. The summed E-state index contributed by atoms with van der Waals surface area (Å²) in [4.78, 5) is 0. The molecule has 0 nitrogen and oxygen atoms in total. The molecule has 0 bridgehead atoms. The van der Waals surface area contributed by atoms with E-state index in [1.54, 1.807) is 22.3 Å². The lowest BCUT2D eigenvalue weighted by atomic mass is 9.78. The summed E-state index contributed by atoms with van der Waals surface area (Å²) in [5.41, 5.74) is 12.5. The molecule has 5 rings (SSSR count). The molecule has 2 aliphatic rings. The minimum absolute atomic E-state index is 0.0939. The normalized spacial score (nSPS) is 17.3. The molecule has 0 amide bonds. The lowest BCUT2D eigenvalue weighted by Gasteiger charge is -2.26. The van der Waals surface area contributed by atoms with Crippen LogP contribution in [0.2, 0.25) is 0 Å². The van der Waals surface area contributed by atoms with Gasteiger partial charge in [0.2, 0.25) is 0 Å². The van der Waals surface area contributed by atoms with Crippen molar-refractivity contribution in [3.05, 3.63) is 69.8 Å². The van der Waals surface area contributed by atoms with Crippen LogP contribution in [0.25, 0.3) is 21.9 Å². The summed E-state index contributed by atoms with van der Waals surface area (Å²) in [6.45, 7) is 9.43. The third-order valence-electron chi connectivity index (χ3n) is 6.72. The summed E-state index contributed by atoms with van der Waals surface area (Å²) in [5.74, 6) is 0. The van der Waals surface area contributed by atoms with Gasteiger partial charge in [0, 0.05) is 5.41 Å². The van der Waals surface area contributed by atoms with Crippen molar-refractivity contribution in [3.8, 4) is 11.1 Å². The average molecular weight is 326 g/mol. The molecule has 0 aromatic heterocycles. The lowest BCUT2D eigenvalue weighted by molar-refractivity contribution is 0.650. The highest BCUT2D eigenvalue weighted by molar-refractivity contribution is 6.04.